The molecular formula is C24H17N. The number of rotatable bonds is 2. The summed E-state index contributed by atoms with van der Waals surface area (Å²) in [5.74, 6) is 0. The van der Waals surface area contributed by atoms with Crippen LogP contribution in [0.25, 0.3) is 38.6 Å². The fraction of sp³-hybridized carbons (Fsp3) is 0. The van der Waals surface area contributed by atoms with Crippen LogP contribution in [-0.2, 0) is 0 Å². The summed E-state index contributed by atoms with van der Waals surface area (Å²) in [6.45, 7) is 0. The molecule has 0 spiro atoms. The van der Waals surface area contributed by atoms with Crippen molar-refractivity contribution in [1.82, 2.24) is 4.57 Å². The van der Waals surface area contributed by atoms with E-state index in [4.69, 9.17) is 0 Å². The number of hydrogen-bond donors (Lipinski definition) is 0. The Morgan fingerprint density at radius 2 is 0.960 bits per heavy atom. The fourth-order valence-electron chi connectivity index (χ4n) is 3.71. The second-order valence-corrected chi connectivity index (χ2v) is 6.25. The molecule has 0 aliphatic heterocycles. The molecule has 1 nitrogen and oxygen atoms in total. The molecule has 0 bridgehead atoms. The van der Waals surface area contributed by atoms with E-state index in [1.165, 1.54) is 38.6 Å². The molecule has 0 amide bonds. The Balaban J connectivity index is 1.92. The number of aromatic nitrogens is 1. The number of para-hydroxylation sites is 3. The topological polar surface area (TPSA) is 4.93 Å². The molecule has 0 unspecified atom stereocenters. The van der Waals surface area contributed by atoms with E-state index in [9.17, 15) is 0 Å². The van der Waals surface area contributed by atoms with Gasteiger partial charge in [0.15, 0.2) is 0 Å². The zero-order valence-corrected chi connectivity index (χ0v) is 13.8. The maximum atomic E-state index is 2.38. The molecule has 118 valence electrons. The Labute approximate surface area is 146 Å². The molecule has 5 aromatic rings. The maximum Gasteiger partial charge on any atom is 0.0541 e. The Kier molecular flexibility index (Phi) is 3.17. The number of hydrogen-bond acceptors (Lipinski definition) is 0. The van der Waals surface area contributed by atoms with Crippen LogP contribution in [0.4, 0.5) is 0 Å². The largest absolute Gasteiger partial charge is 0.309 e. The summed E-state index contributed by atoms with van der Waals surface area (Å²) in [7, 11) is 0. The van der Waals surface area contributed by atoms with Crippen LogP contribution in [0.2, 0.25) is 0 Å². The van der Waals surface area contributed by atoms with Gasteiger partial charge in [-0.05, 0) is 23.8 Å². The molecule has 0 radical (unpaired) electrons. The van der Waals surface area contributed by atoms with E-state index in [1.807, 2.05) is 0 Å². The van der Waals surface area contributed by atoms with Crippen molar-refractivity contribution in [3.63, 3.8) is 0 Å². The third-order valence-electron chi connectivity index (χ3n) is 4.81. The monoisotopic (exact) mass is 319 g/mol. The number of benzene rings is 4. The quantitative estimate of drug-likeness (QED) is 0.352. The van der Waals surface area contributed by atoms with Crippen molar-refractivity contribution in [2.45, 2.75) is 0 Å². The van der Waals surface area contributed by atoms with Crippen LogP contribution >= 0.6 is 0 Å². The average molecular weight is 319 g/mol. The average Bonchev–Trinajstić information content (AvgIpc) is 3.03. The van der Waals surface area contributed by atoms with Gasteiger partial charge < -0.3 is 4.57 Å². The van der Waals surface area contributed by atoms with Crippen LogP contribution in [0.3, 0.4) is 0 Å². The summed E-state index contributed by atoms with van der Waals surface area (Å²) < 4.78 is 2.38. The Morgan fingerprint density at radius 3 is 1.64 bits per heavy atom. The van der Waals surface area contributed by atoms with E-state index in [1.54, 1.807) is 0 Å². The summed E-state index contributed by atoms with van der Waals surface area (Å²) in [5, 5.41) is 2.59. The lowest BCUT2D eigenvalue weighted by molar-refractivity contribution is 1.18. The highest BCUT2D eigenvalue weighted by atomic mass is 15.0. The molecule has 25 heavy (non-hydrogen) atoms. The minimum absolute atomic E-state index is 1.21. The van der Waals surface area contributed by atoms with Crippen LogP contribution in [-0.4, -0.2) is 4.57 Å². The Hall–Kier alpha value is -3.32. The highest BCUT2D eigenvalue weighted by Crippen LogP contribution is 2.35. The van der Waals surface area contributed by atoms with Gasteiger partial charge in [-0.1, -0.05) is 84.9 Å². The van der Waals surface area contributed by atoms with Gasteiger partial charge in [0.25, 0.3) is 0 Å². The molecule has 5 rings (SSSR count). The number of fused-ring (bicyclic) bond motifs is 3. The van der Waals surface area contributed by atoms with Crippen molar-refractivity contribution >= 4 is 21.8 Å². The third kappa shape index (κ3) is 2.17. The molecule has 0 aliphatic carbocycles. The molecule has 0 N–H and O–H groups in total. The fourth-order valence-corrected chi connectivity index (χ4v) is 3.71. The molecule has 0 saturated heterocycles. The van der Waals surface area contributed by atoms with Gasteiger partial charge in [-0.3, -0.25) is 0 Å². The molecular weight excluding hydrogens is 302 g/mol. The van der Waals surface area contributed by atoms with Crippen LogP contribution in [0.15, 0.2) is 103 Å². The lowest BCUT2D eigenvalue weighted by atomic mass is 10.0. The molecule has 4 aromatic carbocycles. The van der Waals surface area contributed by atoms with Crippen LogP contribution in [0.5, 0.6) is 0 Å². The van der Waals surface area contributed by atoms with Crippen molar-refractivity contribution in [3.8, 4) is 16.8 Å². The van der Waals surface area contributed by atoms with Crippen molar-refractivity contribution in [2.24, 2.45) is 0 Å². The summed E-state index contributed by atoms with van der Waals surface area (Å²) in [6.07, 6.45) is 0. The molecule has 0 atom stereocenters. The van der Waals surface area contributed by atoms with E-state index < -0.39 is 0 Å². The normalized spacial score (nSPS) is 11.2. The van der Waals surface area contributed by atoms with E-state index in [0.717, 1.165) is 0 Å². The Bertz CT molecular complexity index is 1130. The zero-order chi connectivity index (χ0) is 16.6. The smallest absolute Gasteiger partial charge is 0.0541 e. The SMILES string of the molecule is c1ccc(-c2ccccc2-n2c3ccccc3c3ccccc32)cc1. The van der Waals surface area contributed by atoms with E-state index >= 15 is 0 Å². The van der Waals surface area contributed by atoms with Gasteiger partial charge in [0.05, 0.1) is 16.7 Å². The first kappa shape index (κ1) is 14.1. The number of nitrogens with zero attached hydrogens (tertiary/aromatic N) is 1. The molecule has 0 saturated carbocycles. The van der Waals surface area contributed by atoms with Crippen molar-refractivity contribution < 1.29 is 0 Å². The lowest BCUT2D eigenvalue weighted by Gasteiger charge is -2.13. The minimum Gasteiger partial charge on any atom is -0.309 e. The molecule has 1 heteroatoms. The first-order valence-corrected chi connectivity index (χ1v) is 8.56. The van der Waals surface area contributed by atoms with E-state index in [0.29, 0.717) is 0 Å². The first-order chi connectivity index (χ1) is 12.4. The highest BCUT2D eigenvalue weighted by Gasteiger charge is 2.14. The maximum absolute atomic E-state index is 2.38. The summed E-state index contributed by atoms with van der Waals surface area (Å²) in [5.41, 5.74) is 6.18. The second-order valence-electron chi connectivity index (χ2n) is 6.25. The van der Waals surface area contributed by atoms with E-state index in [2.05, 4.69) is 108 Å². The van der Waals surface area contributed by atoms with Gasteiger partial charge in [0.1, 0.15) is 0 Å². The summed E-state index contributed by atoms with van der Waals surface area (Å²) in [4.78, 5) is 0. The van der Waals surface area contributed by atoms with Gasteiger partial charge in [0.2, 0.25) is 0 Å². The molecule has 1 heterocycles. The van der Waals surface area contributed by atoms with Gasteiger partial charge in [-0.25, -0.2) is 0 Å². The lowest BCUT2D eigenvalue weighted by Crippen LogP contribution is -1.96. The summed E-state index contributed by atoms with van der Waals surface area (Å²) >= 11 is 0. The van der Waals surface area contributed by atoms with Crippen molar-refractivity contribution in [1.29, 1.82) is 0 Å². The summed E-state index contributed by atoms with van der Waals surface area (Å²) in [6, 6.07) is 36.5. The standard InChI is InChI=1S/C24H17N/c1-2-10-18(11-3-1)19-12-4-7-15-22(19)25-23-16-8-5-13-20(23)21-14-6-9-17-24(21)25/h1-17H. The van der Waals surface area contributed by atoms with Crippen molar-refractivity contribution in [3.05, 3.63) is 103 Å². The second kappa shape index (κ2) is 5.64. The predicted octanol–water partition coefficient (Wildman–Crippen LogP) is 6.45. The van der Waals surface area contributed by atoms with Gasteiger partial charge in [-0.15, -0.1) is 0 Å². The van der Waals surface area contributed by atoms with Crippen LogP contribution in [0, 0.1) is 0 Å². The van der Waals surface area contributed by atoms with Crippen LogP contribution in [0.1, 0.15) is 0 Å². The molecule has 0 fully saturated rings. The highest BCUT2D eigenvalue weighted by molar-refractivity contribution is 6.09. The Morgan fingerprint density at radius 1 is 0.440 bits per heavy atom. The predicted molar refractivity (Wildman–Crippen MR) is 106 cm³/mol. The van der Waals surface area contributed by atoms with Gasteiger partial charge >= 0.3 is 0 Å². The zero-order valence-electron chi connectivity index (χ0n) is 13.8. The van der Waals surface area contributed by atoms with Crippen LogP contribution < -0.4 is 0 Å². The minimum atomic E-state index is 1.21. The van der Waals surface area contributed by atoms with Gasteiger partial charge in [0, 0.05) is 16.3 Å². The third-order valence-corrected chi connectivity index (χ3v) is 4.81. The molecule has 1 aromatic heterocycles. The molecule has 0 aliphatic rings. The van der Waals surface area contributed by atoms with Crippen molar-refractivity contribution in [2.75, 3.05) is 0 Å². The first-order valence-electron chi connectivity index (χ1n) is 8.56. The van der Waals surface area contributed by atoms with Gasteiger partial charge in [-0.2, -0.15) is 0 Å². The van der Waals surface area contributed by atoms with E-state index in [-0.39, 0.29) is 0 Å².